The van der Waals surface area contributed by atoms with E-state index in [1.54, 1.807) is 18.2 Å². The Labute approximate surface area is 176 Å². The van der Waals surface area contributed by atoms with Crippen LogP contribution in [0.4, 0.5) is 5.69 Å². The van der Waals surface area contributed by atoms with Crippen molar-refractivity contribution in [1.82, 2.24) is 5.32 Å². The molecule has 0 atom stereocenters. The molecule has 2 aromatic carbocycles. The molecule has 156 valence electrons. The number of nitrogens with one attached hydrogen (secondary N) is 1. The molecule has 0 amide bonds. The van der Waals surface area contributed by atoms with Crippen LogP contribution in [-0.4, -0.2) is 17.6 Å². The van der Waals surface area contributed by atoms with Crippen molar-refractivity contribution >= 4 is 17.3 Å². The number of hydrogen-bond donors (Lipinski definition) is 1. The summed E-state index contributed by atoms with van der Waals surface area (Å²) in [4.78, 5) is 10.4. The first-order valence-electron chi connectivity index (χ1n) is 10.1. The van der Waals surface area contributed by atoms with Crippen molar-refractivity contribution in [3.63, 3.8) is 0 Å². The van der Waals surface area contributed by atoms with E-state index in [-0.39, 0.29) is 12.3 Å². The normalized spacial score (nSPS) is 14.6. The molecule has 0 unspecified atom stereocenters. The van der Waals surface area contributed by atoms with Gasteiger partial charge in [0.2, 0.25) is 0 Å². The smallest absolute Gasteiger partial charge is 0.269 e. The van der Waals surface area contributed by atoms with Gasteiger partial charge in [0.25, 0.3) is 5.69 Å². The zero-order valence-corrected chi connectivity index (χ0v) is 17.4. The van der Waals surface area contributed by atoms with E-state index in [4.69, 9.17) is 21.1 Å². The van der Waals surface area contributed by atoms with Crippen LogP contribution >= 0.6 is 11.6 Å². The highest BCUT2D eigenvalue weighted by Gasteiger charge is 2.16. The molecule has 0 spiro atoms. The van der Waals surface area contributed by atoms with Gasteiger partial charge in [0.15, 0.2) is 11.5 Å². The number of nitrogens with zero attached hydrogens (tertiary/aromatic N) is 1. The number of benzene rings is 2. The predicted molar refractivity (Wildman–Crippen MR) is 114 cm³/mol. The van der Waals surface area contributed by atoms with E-state index >= 15 is 0 Å². The number of nitro groups is 1. The van der Waals surface area contributed by atoms with Crippen molar-refractivity contribution in [3.05, 3.63) is 62.7 Å². The average Bonchev–Trinajstić information content (AvgIpc) is 2.74. The van der Waals surface area contributed by atoms with Gasteiger partial charge in [-0.15, -0.1) is 0 Å². The Morgan fingerprint density at radius 3 is 2.45 bits per heavy atom. The molecule has 0 heterocycles. The standard InChI is InChI=1S/C22H27ClN2O4/c1-2-28-21-12-17(14-24-18-6-4-3-5-7-18)20(23)13-22(21)29-15-16-8-10-19(11-9-16)25(26)27/h8-13,18,24H,2-7,14-15H2,1H3. The van der Waals surface area contributed by atoms with Gasteiger partial charge >= 0.3 is 0 Å². The van der Waals surface area contributed by atoms with Crippen LogP contribution in [-0.2, 0) is 13.2 Å². The van der Waals surface area contributed by atoms with Gasteiger partial charge in [-0.3, -0.25) is 10.1 Å². The minimum absolute atomic E-state index is 0.0571. The summed E-state index contributed by atoms with van der Waals surface area (Å²) in [6, 6.07) is 10.6. The number of hydrogen-bond acceptors (Lipinski definition) is 5. The van der Waals surface area contributed by atoms with Crippen molar-refractivity contribution < 1.29 is 14.4 Å². The number of halogens is 1. The van der Waals surface area contributed by atoms with Crippen molar-refractivity contribution in [2.75, 3.05) is 6.61 Å². The van der Waals surface area contributed by atoms with Gasteiger partial charge in [-0.1, -0.05) is 30.9 Å². The summed E-state index contributed by atoms with van der Waals surface area (Å²) in [5.74, 6) is 1.22. The molecule has 29 heavy (non-hydrogen) atoms. The molecule has 0 saturated heterocycles. The van der Waals surface area contributed by atoms with Gasteiger partial charge in [0.1, 0.15) is 6.61 Å². The first-order chi connectivity index (χ1) is 14.1. The van der Waals surface area contributed by atoms with Gasteiger partial charge in [0, 0.05) is 35.8 Å². The highest BCUT2D eigenvalue weighted by atomic mass is 35.5. The van der Waals surface area contributed by atoms with Gasteiger partial charge < -0.3 is 14.8 Å². The lowest BCUT2D eigenvalue weighted by Gasteiger charge is -2.23. The van der Waals surface area contributed by atoms with Gasteiger partial charge in [-0.05, 0) is 49.1 Å². The lowest BCUT2D eigenvalue weighted by Crippen LogP contribution is -2.30. The molecule has 0 bridgehead atoms. The fourth-order valence-electron chi connectivity index (χ4n) is 3.53. The predicted octanol–water partition coefficient (Wildman–Crippen LogP) is 5.65. The zero-order valence-electron chi connectivity index (χ0n) is 16.7. The first-order valence-corrected chi connectivity index (χ1v) is 10.5. The third kappa shape index (κ3) is 6.08. The van der Waals surface area contributed by atoms with Gasteiger partial charge in [-0.25, -0.2) is 0 Å². The van der Waals surface area contributed by atoms with E-state index in [9.17, 15) is 10.1 Å². The van der Waals surface area contributed by atoms with Crippen molar-refractivity contribution in [1.29, 1.82) is 0 Å². The maximum absolute atomic E-state index is 10.8. The summed E-state index contributed by atoms with van der Waals surface area (Å²) in [6.07, 6.45) is 6.32. The maximum Gasteiger partial charge on any atom is 0.269 e. The summed E-state index contributed by atoms with van der Waals surface area (Å²) < 4.78 is 11.7. The average molecular weight is 419 g/mol. The summed E-state index contributed by atoms with van der Waals surface area (Å²) in [5, 5.41) is 15.0. The molecule has 1 fully saturated rings. The van der Waals surface area contributed by atoms with Crippen LogP contribution < -0.4 is 14.8 Å². The third-order valence-electron chi connectivity index (χ3n) is 5.14. The van der Waals surface area contributed by atoms with Crippen LogP contribution in [0.15, 0.2) is 36.4 Å². The summed E-state index contributed by atoms with van der Waals surface area (Å²) in [7, 11) is 0. The van der Waals surface area contributed by atoms with Crippen LogP contribution in [0.3, 0.4) is 0 Å². The van der Waals surface area contributed by atoms with Gasteiger partial charge in [0.05, 0.1) is 11.5 Å². The second kappa shape index (κ2) is 10.5. The van der Waals surface area contributed by atoms with Crippen LogP contribution in [0.5, 0.6) is 11.5 Å². The zero-order chi connectivity index (χ0) is 20.6. The molecule has 1 aliphatic rings. The second-order valence-electron chi connectivity index (χ2n) is 7.25. The monoisotopic (exact) mass is 418 g/mol. The highest BCUT2D eigenvalue weighted by Crippen LogP contribution is 2.34. The Bertz CT molecular complexity index is 820. The van der Waals surface area contributed by atoms with Crippen LogP contribution in [0.1, 0.15) is 50.2 Å². The maximum atomic E-state index is 10.8. The molecule has 6 nitrogen and oxygen atoms in total. The Kier molecular flexibility index (Phi) is 7.72. The Morgan fingerprint density at radius 1 is 1.10 bits per heavy atom. The molecule has 3 rings (SSSR count). The molecule has 0 aromatic heterocycles. The second-order valence-corrected chi connectivity index (χ2v) is 7.66. The minimum atomic E-state index is -0.419. The van der Waals surface area contributed by atoms with E-state index in [1.165, 1.54) is 44.2 Å². The number of non-ortho nitro benzene ring substituents is 1. The Balaban J connectivity index is 1.67. The summed E-state index contributed by atoms with van der Waals surface area (Å²) >= 11 is 6.51. The molecule has 1 saturated carbocycles. The lowest BCUT2D eigenvalue weighted by atomic mass is 9.95. The summed E-state index contributed by atoms with van der Waals surface area (Å²) in [6.45, 7) is 3.42. The summed E-state index contributed by atoms with van der Waals surface area (Å²) in [5.41, 5.74) is 1.88. The van der Waals surface area contributed by atoms with Crippen LogP contribution in [0.2, 0.25) is 5.02 Å². The molecule has 1 N–H and O–H groups in total. The van der Waals surface area contributed by atoms with Crippen molar-refractivity contribution in [2.45, 2.75) is 58.2 Å². The Morgan fingerprint density at radius 2 is 1.79 bits per heavy atom. The van der Waals surface area contributed by atoms with Crippen LogP contribution in [0.25, 0.3) is 0 Å². The van der Waals surface area contributed by atoms with Crippen molar-refractivity contribution in [3.8, 4) is 11.5 Å². The molecular weight excluding hydrogens is 392 g/mol. The van der Waals surface area contributed by atoms with Crippen LogP contribution in [0, 0.1) is 10.1 Å². The molecule has 0 aliphatic heterocycles. The third-order valence-corrected chi connectivity index (χ3v) is 5.49. The topological polar surface area (TPSA) is 73.6 Å². The first kappa shape index (κ1) is 21.4. The molecular formula is C22H27ClN2O4. The van der Waals surface area contributed by atoms with E-state index in [0.717, 1.165) is 11.1 Å². The largest absolute Gasteiger partial charge is 0.490 e. The molecule has 1 aliphatic carbocycles. The van der Waals surface area contributed by atoms with E-state index < -0.39 is 4.92 Å². The molecule has 2 aromatic rings. The van der Waals surface area contributed by atoms with Gasteiger partial charge in [-0.2, -0.15) is 0 Å². The quantitative estimate of drug-likeness (QED) is 0.420. The molecule has 0 radical (unpaired) electrons. The fourth-order valence-corrected chi connectivity index (χ4v) is 3.75. The number of nitro benzene ring substituents is 1. The number of ether oxygens (including phenoxy) is 2. The van der Waals surface area contributed by atoms with Crippen molar-refractivity contribution in [2.24, 2.45) is 0 Å². The van der Waals surface area contributed by atoms with E-state index in [2.05, 4.69) is 5.32 Å². The fraction of sp³-hybridized carbons (Fsp3) is 0.455. The van der Waals surface area contributed by atoms with E-state index in [0.29, 0.717) is 35.7 Å². The molecule has 7 heteroatoms. The number of rotatable bonds is 9. The SMILES string of the molecule is CCOc1cc(CNC2CCCCC2)c(Cl)cc1OCc1ccc([N+](=O)[O-])cc1. The van der Waals surface area contributed by atoms with E-state index in [1.807, 2.05) is 13.0 Å². The lowest BCUT2D eigenvalue weighted by molar-refractivity contribution is -0.384. The highest BCUT2D eigenvalue weighted by molar-refractivity contribution is 6.31. The Hall–Kier alpha value is -2.31. The minimum Gasteiger partial charge on any atom is -0.490 e.